The predicted molar refractivity (Wildman–Crippen MR) is 71.5 cm³/mol. The third kappa shape index (κ3) is 2.48. The van der Waals surface area contributed by atoms with Crippen LogP contribution in [-0.2, 0) is 10.0 Å². The second-order valence-electron chi connectivity index (χ2n) is 4.62. The SMILES string of the molecule is Cc1n[nH]c(C)c1S(=O)(=O)Nc1ccnn1C(C)C. The van der Waals surface area contributed by atoms with Gasteiger partial charge in [-0.2, -0.15) is 10.2 Å². The minimum atomic E-state index is -3.66. The van der Waals surface area contributed by atoms with Gasteiger partial charge in [0.1, 0.15) is 10.7 Å². The fourth-order valence-corrected chi connectivity index (χ4v) is 3.35. The van der Waals surface area contributed by atoms with Gasteiger partial charge in [-0.15, -0.1) is 0 Å². The van der Waals surface area contributed by atoms with E-state index in [9.17, 15) is 8.42 Å². The van der Waals surface area contributed by atoms with E-state index in [1.54, 1.807) is 30.8 Å². The third-order valence-electron chi connectivity index (χ3n) is 2.73. The lowest BCUT2D eigenvalue weighted by Gasteiger charge is -2.13. The topological polar surface area (TPSA) is 92.7 Å². The van der Waals surface area contributed by atoms with E-state index in [1.807, 2.05) is 13.8 Å². The molecule has 0 unspecified atom stereocenters. The van der Waals surface area contributed by atoms with Crippen molar-refractivity contribution in [1.82, 2.24) is 20.0 Å². The molecule has 7 nitrogen and oxygen atoms in total. The molecule has 0 radical (unpaired) electrons. The summed E-state index contributed by atoms with van der Waals surface area (Å²) in [6.45, 7) is 7.18. The van der Waals surface area contributed by atoms with Gasteiger partial charge < -0.3 is 0 Å². The van der Waals surface area contributed by atoms with Crippen molar-refractivity contribution in [2.24, 2.45) is 0 Å². The highest BCUT2D eigenvalue weighted by Crippen LogP contribution is 2.22. The molecule has 0 saturated heterocycles. The summed E-state index contributed by atoms with van der Waals surface area (Å²) in [7, 11) is -3.66. The van der Waals surface area contributed by atoms with Crippen LogP contribution in [0.1, 0.15) is 31.3 Å². The molecule has 8 heteroatoms. The zero-order valence-corrected chi connectivity index (χ0v) is 12.1. The van der Waals surface area contributed by atoms with Gasteiger partial charge in [0.05, 0.1) is 17.6 Å². The van der Waals surface area contributed by atoms with Gasteiger partial charge in [-0.1, -0.05) is 0 Å². The van der Waals surface area contributed by atoms with E-state index >= 15 is 0 Å². The van der Waals surface area contributed by atoms with E-state index in [0.717, 1.165) is 0 Å². The van der Waals surface area contributed by atoms with Crippen LogP contribution >= 0.6 is 0 Å². The first kappa shape index (κ1) is 13.6. The molecule has 0 spiro atoms. The summed E-state index contributed by atoms with van der Waals surface area (Å²) in [4.78, 5) is 0.184. The Kier molecular flexibility index (Phi) is 3.36. The van der Waals surface area contributed by atoms with Crippen LogP contribution in [0.3, 0.4) is 0 Å². The maximum atomic E-state index is 12.4. The van der Waals surface area contributed by atoms with Crippen molar-refractivity contribution >= 4 is 15.8 Å². The number of H-pyrrole nitrogens is 1. The first-order chi connectivity index (χ1) is 8.83. The number of aromatic nitrogens is 4. The molecule has 2 rings (SSSR count). The van der Waals surface area contributed by atoms with E-state index < -0.39 is 10.0 Å². The Morgan fingerprint density at radius 1 is 1.37 bits per heavy atom. The Labute approximate surface area is 112 Å². The highest BCUT2D eigenvalue weighted by molar-refractivity contribution is 7.92. The second-order valence-corrected chi connectivity index (χ2v) is 6.24. The molecule has 2 aromatic heterocycles. The molecular formula is C11H17N5O2S. The molecule has 0 saturated carbocycles. The summed E-state index contributed by atoms with van der Waals surface area (Å²) in [5.41, 5.74) is 0.959. The van der Waals surface area contributed by atoms with Crippen LogP contribution in [0.25, 0.3) is 0 Å². The molecule has 0 aromatic carbocycles. The van der Waals surface area contributed by atoms with Crippen molar-refractivity contribution in [2.45, 2.75) is 38.6 Å². The van der Waals surface area contributed by atoms with Crippen molar-refractivity contribution in [3.05, 3.63) is 23.7 Å². The summed E-state index contributed by atoms with van der Waals surface area (Å²) in [6.07, 6.45) is 1.56. The molecule has 0 bridgehead atoms. The average molecular weight is 283 g/mol. The molecule has 0 fully saturated rings. The maximum absolute atomic E-state index is 12.4. The number of rotatable bonds is 4. The van der Waals surface area contributed by atoms with Crippen molar-refractivity contribution < 1.29 is 8.42 Å². The molecule has 104 valence electrons. The minimum Gasteiger partial charge on any atom is -0.281 e. The van der Waals surface area contributed by atoms with Crippen LogP contribution in [0.2, 0.25) is 0 Å². The van der Waals surface area contributed by atoms with E-state index in [0.29, 0.717) is 17.2 Å². The maximum Gasteiger partial charge on any atom is 0.266 e. The summed E-state index contributed by atoms with van der Waals surface area (Å²) >= 11 is 0. The van der Waals surface area contributed by atoms with Gasteiger partial charge in [0.25, 0.3) is 10.0 Å². The van der Waals surface area contributed by atoms with Crippen molar-refractivity contribution in [1.29, 1.82) is 0 Å². The standard InChI is InChI=1S/C11H17N5O2S/c1-7(2)16-10(5-6-12-16)15-19(17,18)11-8(3)13-14-9(11)4/h5-7,15H,1-4H3,(H,13,14). The second kappa shape index (κ2) is 4.69. The number of nitrogens with one attached hydrogen (secondary N) is 2. The van der Waals surface area contributed by atoms with Crippen LogP contribution in [-0.4, -0.2) is 28.4 Å². The molecule has 0 aliphatic carbocycles. The van der Waals surface area contributed by atoms with Crippen molar-refractivity contribution in [3.8, 4) is 0 Å². The van der Waals surface area contributed by atoms with Crippen LogP contribution < -0.4 is 4.72 Å². The summed E-state index contributed by atoms with van der Waals surface area (Å²) in [5, 5.41) is 10.7. The van der Waals surface area contributed by atoms with Crippen molar-refractivity contribution in [2.75, 3.05) is 4.72 Å². The lowest BCUT2D eigenvalue weighted by atomic mass is 10.4. The fraction of sp³-hybridized carbons (Fsp3) is 0.455. The predicted octanol–water partition coefficient (Wildman–Crippen LogP) is 1.60. The Bertz CT molecular complexity index is 664. The van der Waals surface area contributed by atoms with Gasteiger partial charge in [0.2, 0.25) is 0 Å². The zero-order chi connectivity index (χ0) is 14.2. The largest absolute Gasteiger partial charge is 0.281 e. The first-order valence-corrected chi connectivity index (χ1v) is 7.39. The van der Waals surface area contributed by atoms with Gasteiger partial charge in [-0.25, -0.2) is 13.1 Å². The normalized spacial score (nSPS) is 12.1. The molecule has 2 heterocycles. The highest BCUT2D eigenvalue weighted by atomic mass is 32.2. The molecule has 0 atom stereocenters. The number of sulfonamides is 1. The Morgan fingerprint density at radius 2 is 2.05 bits per heavy atom. The van der Waals surface area contributed by atoms with Gasteiger partial charge in [-0.05, 0) is 27.7 Å². The third-order valence-corrected chi connectivity index (χ3v) is 4.34. The molecule has 0 aliphatic rings. The summed E-state index contributed by atoms with van der Waals surface area (Å²) in [5.74, 6) is 0.440. The Balaban J connectivity index is 2.40. The average Bonchev–Trinajstić information content (AvgIpc) is 2.85. The van der Waals surface area contributed by atoms with Gasteiger partial charge in [-0.3, -0.25) is 9.82 Å². The molecular weight excluding hydrogens is 266 g/mol. The highest BCUT2D eigenvalue weighted by Gasteiger charge is 2.23. The van der Waals surface area contributed by atoms with Crippen molar-refractivity contribution in [3.63, 3.8) is 0 Å². The minimum absolute atomic E-state index is 0.0687. The number of hydrogen-bond donors (Lipinski definition) is 2. The van der Waals surface area contributed by atoms with Gasteiger partial charge in [0.15, 0.2) is 0 Å². The Morgan fingerprint density at radius 3 is 2.58 bits per heavy atom. The van der Waals surface area contributed by atoms with E-state index in [2.05, 4.69) is 20.0 Å². The lowest BCUT2D eigenvalue weighted by molar-refractivity contribution is 0.539. The van der Waals surface area contributed by atoms with E-state index in [-0.39, 0.29) is 10.9 Å². The molecule has 0 amide bonds. The molecule has 19 heavy (non-hydrogen) atoms. The van der Waals surface area contributed by atoms with Gasteiger partial charge >= 0.3 is 0 Å². The van der Waals surface area contributed by atoms with Crippen LogP contribution in [0.5, 0.6) is 0 Å². The van der Waals surface area contributed by atoms with Crippen LogP contribution in [0, 0.1) is 13.8 Å². The fourth-order valence-electron chi connectivity index (χ4n) is 1.93. The van der Waals surface area contributed by atoms with Crippen LogP contribution in [0.15, 0.2) is 17.2 Å². The summed E-state index contributed by atoms with van der Waals surface area (Å²) < 4.78 is 28.9. The lowest BCUT2D eigenvalue weighted by Crippen LogP contribution is -2.18. The number of anilines is 1. The van der Waals surface area contributed by atoms with Gasteiger partial charge in [0, 0.05) is 12.1 Å². The zero-order valence-electron chi connectivity index (χ0n) is 11.3. The van der Waals surface area contributed by atoms with E-state index in [4.69, 9.17) is 0 Å². The summed E-state index contributed by atoms with van der Waals surface area (Å²) in [6, 6.07) is 1.70. The number of hydrogen-bond acceptors (Lipinski definition) is 4. The quantitative estimate of drug-likeness (QED) is 0.891. The molecule has 0 aliphatic heterocycles. The van der Waals surface area contributed by atoms with E-state index in [1.165, 1.54) is 0 Å². The number of aromatic amines is 1. The number of nitrogens with zero attached hydrogens (tertiary/aromatic N) is 3. The smallest absolute Gasteiger partial charge is 0.266 e. The molecule has 2 N–H and O–H groups in total. The number of aryl methyl sites for hydroxylation is 2. The first-order valence-electron chi connectivity index (χ1n) is 5.91. The van der Waals surface area contributed by atoms with Crippen LogP contribution in [0.4, 0.5) is 5.82 Å². The Hall–Kier alpha value is -1.83. The molecule has 2 aromatic rings. The monoisotopic (exact) mass is 283 g/mol.